The fourth-order valence-corrected chi connectivity index (χ4v) is 3.64. The molecule has 21 heavy (non-hydrogen) atoms. The highest BCUT2D eigenvalue weighted by molar-refractivity contribution is 5.79. The van der Waals surface area contributed by atoms with Crippen LogP contribution in [0.3, 0.4) is 0 Å². The molecule has 0 spiro atoms. The Hall–Kier alpha value is -1.41. The molecule has 1 heterocycles. The zero-order valence-corrected chi connectivity index (χ0v) is 13.3. The maximum atomic E-state index is 11.2. The molecule has 2 aromatic rings. The number of pyridine rings is 1. The van der Waals surface area contributed by atoms with Crippen LogP contribution in [0.1, 0.15) is 50.8 Å². The average Bonchev–Trinajstić information content (AvgIpc) is 2.46. The lowest BCUT2D eigenvalue weighted by Crippen LogP contribution is -2.34. The van der Waals surface area contributed by atoms with Gasteiger partial charge in [0.25, 0.3) is 0 Å². The molecule has 3 rings (SSSR count). The van der Waals surface area contributed by atoms with Gasteiger partial charge in [-0.2, -0.15) is 0 Å². The Morgan fingerprint density at radius 1 is 1.24 bits per heavy atom. The molecule has 0 radical (unpaired) electrons. The summed E-state index contributed by atoms with van der Waals surface area (Å²) in [5.74, 6) is 1.26. The van der Waals surface area contributed by atoms with Crippen LogP contribution in [-0.2, 0) is 5.60 Å². The third-order valence-electron chi connectivity index (χ3n) is 5.07. The molecule has 0 amide bonds. The third-order valence-corrected chi connectivity index (χ3v) is 5.07. The molecule has 2 atom stereocenters. The summed E-state index contributed by atoms with van der Waals surface area (Å²) < 4.78 is 0. The molecule has 0 aliphatic heterocycles. The molecule has 1 aliphatic carbocycles. The molecule has 1 fully saturated rings. The van der Waals surface area contributed by atoms with Crippen LogP contribution in [0.4, 0.5) is 0 Å². The fraction of sp³-hybridized carbons (Fsp3) is 0.526. The van der Waals surface area contributed by atoms with E-state index < -0.39 is 5.60 Å². The lowest BCUT2D eigenvalue weighted by atomic mass is 9.71. The Labute approximate surface area is 127 Å². The van der Waals surface area contributed by atoms with Crippen LogP contribution in [0.5, 0.6) is 0 Å². The van der Waals surface area contributed by atoms with Crippen LogP contribution in [-0.4, -0.2) is 10.1 Å². The number of hydrogen-bond acceptors (Lipinski definition) is 2. The minimum absolute atomic E-state index is 0.621. The molecule has 1 N–H and O–H groups in total. The number of hydrogen-bond donors (Lipinski definition) is 1. The normalized spacial score (nSPS) is 26.4. The van der Waals surface area contributed by atoms with E-state index in [0.29, 0.717) is 11.8 Å². The van der Waals surface area contributed by atoms with Crippen molar-refractivity contribution in [3.63, 3.8) is 0 Å². The van der Waals surface area contributed by atoms with E-state index in [1.54, 1.807) is 0 Å². The maximum absolute atomic E-state index is 11.2. The first kappa shape index (κ1) is 14.5. The van der Waals surface area contributed by atoms with Gasteiger partial charge in [-0.25, -0.2) is 0 Å². The molecule has 0 bridgehead atoms. The zero-order valence-electron chi connectivity index (χ0n) is 13.3. The summed E-state index contributed by atoms with van der Waals surface area (Å²) in [6.45, 7) is 6.54. The van der Waals surface area contributed by atoms with Crippen LogP contribution in [0.2, 0.25) is 0 Å². The van der Waals surface area contributed by atoms with E-state index in [0.717, 1.165) is 41.4 Å². The smallest absolute Gasteiger partial charge is 0.0899 e. The van der Waals surface area contributed by atoms with Gasteiger partial charge >= 0.3 is 0 Å². The molecule has 2 heteroatoms. The molecular weight excluding hydrogens is 258 g/mol. The van der Waals surface area contributed by atoms with E-state index in [9.17, 15) is 5.11 Å². The standard InChI is InChI=1S/C19H25NO/c1-13(2)16-5-4-10-19(21,12-16)17-8-9-18-15(11-17)7-6-14(3)20-18/h6-9,11,13,16,21H,4-5,10,12H2,1-3H3. The van der Waals surface area contributed by atoms with Gasteiger partial charge in [0.1, 0.15) is 0 Å². The van der Waals surface area contributed by atoms with Crippen LogP contribution >= 0.6 is 0 Å². The topological polar surface area (TPSA) is 33.1 Å². The molecule has 0 saturated heterocycles. The molecule has 2 nitrogen and oxygen atoms in total. The number of benzene rings is 1. The Morgan fingerprint density at radius 2 is 2.05 bits per heavy atom. The van der Waals surface area contributed by atoms with Crippen molar-refractivity contribution in [3.8, 4) is 0 Å². The van der Waals surface area contributed by atoms with Crippen molar-refractivity contribution in [2.45, 2.75) is 52.1 Å². The first-order valence-electron chi connectivity index (χ1n) is 8.08. The monoisotopic (exact) mass is 283 g/mol. The van der Waals surface area contributed by atoms with Crippen molar-refractivity contribution in [1.82, 2.24) is 4.98 Å². The van der Waals surface area contributed by atoms with E-state index in [1.807, 2.05) is 13.0 Å². The summed E-state index contributed by atoms with van der Waals surface area (Å²) in [5.41, 5.74) is 2.45. The van der Waals surface area contributed by atoms with Crippen LogP contribution < -0.4 is 0 Å². The lowest BCUT2D eigenvalue weighted by molar-refractivity contribution is -0.0294. The molecule has 112 valence electrons. The number of fused-ring (bicyclic) bond motifs is 1. The van der Waals surface area contributed by atoms with Gasteiger partial charge in [0.05, 0.1) is 11.1 Å². The van der Waals surface area contributed by atoms with Crippen LogP contribution in [0, 0.1) is 18.8 Å². The van der Waals surface area contributed by atoms with E-state index >= 15 is 0 Å². The zero-order chi connectivity index (χ0) is 15.0. The summed E-state index contributed by atoms with van der Waals surface area (Å²) in [6.07, 6.45) is 4.12. The largest absolute Gasteiger partial charge is 0.385 e. The highest BCUT2D eigenvalue weighted by Gasteiger charge is 2.36. The second-order valence-corrected chi connectivity index (χ2v) is 6.99. The van der Waals surface area contributed by atoms with E-state index in [1.165, 1.54) is 6.42 Å². The second-order valence-electron chi connectivity index (χ2n) is 6.99. The summed E-state index contributed by atoms with van der Waals surface area (Å²) in [4.78, 5) is 4.55. The van der Waals surface area contributed by atoms with Crippen LogP contribution in [0.25, 0.3) is 10.9 Å². The Morgan fingerprint density at radius 3 is 2.81 bits per heavy atom. The summed E-state index contributed by atoms with van der Waals surface area (Å²) in [5, 5.41) is 12.3. The first-order chi connectivity index (χ1) is 9.98. The van der Waals surface area contributed by atoms with Gasteiger partial charge in [0.2, 0.25) is 0 Å². The average molecular weight is 283 g/mol. The van der Waals surface area contributed by atoms with Crippen molar-refractivity contribution < 1.29 is 5.11 Å². The number of aromatic nitrogens is 1. The van der Waals surface area contributed by atoms with Crippen LogP contribution in [0.15, 0.2) is 30.3 Å². The highest BCUT2D eigenvalue weighted by Crippen LogP contribution is 2.42. The number of rotatable bonds is 2. The second kappa shape index (κ2) is 5.42. The van der Waals surface area contributed by atoms with Gasteiger partial charge in [-0.1, -0.05) is 26.0 Å². The summed E-state index contributed by atoms with van der Waals surface area (Å²) in [7, 11) is 0. The predicted molar refractivity (Wildman–Crippen MR) is 87.2 cm³/mol. The van der Waals surface area contributed by atoms with Crippen molar-refractivity contribution >= 4 is 10.9 Å². The van der Waals surface area contributed by atoms with Crippen molar-refractivity contribution in [3.05, 3.63) is 41.6 Å². The van der Waals surface area contributed by atoms with Gasteiger partial charge in [0.15, 0.2) is 0 Å². The molecule has 1 aliphatic rings. The van der Waals surface area contributed by atoms with Crippen molar-refractivity contribution in [2.24, 2.45) is 11.8 Å². The summed E-state index contributed by atoms with van der Waals surface area (Å²) in [6, 6.07) is 10.4. The molecule has 1 saturated carbocycles. The molecule has 2 unspecified atom stereocenters. The molecular formula is C19H25NO. The number of aliphatic hydroxyl groups is 1. The molecule has 1 aromatic carbocycles. The number of nitrogens with zero attached hydrogens (tertiary/aromatic N) is 1. The summed E-state index contributed by atoms with van der Waals surface area (Å²) >= 11 is 0. The Bertz CT molecular complexity index is 649. The third kappa shape index (κ3) is 2.82. The minimum atomic E-state index is -0.660. The van der Waals surface area contributed by atoms with Gasteiger partial charge in [0, 0.05) is 11.1 Å². The van der Waals surface area contributed by atoms with Gasteiger partial charge in [-0.3, -0.25) is 4.98 Å². The van der Waals surface area contributed by atoms with Gasteiger partial charge in [-0.15, -0.1) is 0 Å². The van der Waals surface area contributed by atoms with Crippen molar-refractivity contribution in [2.75, 3.05) is 0 Å². The Kier molecular flexibility index (Phi) is 3.75. The highest BCUT2D eigenvalue weighted by atomic mass is 16.3. The van der Waals surface area contributed by atoms with E-state index in [4.69, 9.17) is 0 Å². The SMILES string of the molecule is Cc1ccc2cc(C3(O)CCCC(C(C)C)C3)ccc2n1. The number of aryl methyl sites for hydroxylation is 1. The van der Waals surface area contributed by atoms with E-state index in [2.05, 4.69) is 43.1 Å². The first-order valence-corrected chi connectivity index (χ1v) is 8.08. The predicted octanol–water partition coefficient (Wildman–Crippen LogP) is 4.58. The quantitative estimate of drug-likeness (QED) is 0.875. The Balaban J connectivity index is 1.96. The van der Waals surface area contributed by atoms with Crippen molar-refractivity contribution in [1.29, 1.82) is 0 Å². The minimum Gasteiger partial charge on any atom is -0.385 e. The van der Waals surface area contributed by atoms with Gasteiger partial charge < -0.3 is 5.11 Å². The lowest BCUT2D eigenvalue weighted by Gasteiger charge is -2.39. The van der Waals surface area contributed by atoms with E-state index in [-0.39, 0.29) is 0 Å². The maximum Gasteiger partial charge on any atom is 0.0899 e. The van der Waals surface area contributed by atoms with Gasteiger partial charge in [-0.05, 0) is 68.2 Å². The molecule has 1 aromatic heterocycles. The fourth-order valence-electron chi connectivity index (χ4n) is 3.64.